The highest BCUT2D eigenvalue weighted by Crippen LogP contribution is 2.24. The van der Waals surface area contributed by atoms with Gasteiger partial charge in [0, 0.05) is 17.6 Å². The normalized spacial score (nSPS) is 11.6. The highest BCUT2D eigenvalue weighted by Gasteiger charge is 2.24. The minimum absolute atomic E-state index is 0.0356. The second-order valence-corrected chi connectivity index (χ2v) is 6.00. The highest BCUT2D eigenvalue weighted by molar-refractivity contribution is 9.10. The molecule has 0 bridgehead atoms. The van der Waals surface area contributed by atoms with Crippen LogP contribution in [0.1, 0.15) is 30.4 Å². The fourth-order valence-electron chi connectivity index (χ4n) is 1.38. The fourth-order valence-corrected chi connectivity index (χ4v) is 2.89. The zero-order valence-electron chi connectivity index (χ0n) is 9.66. The van der Waals surface area contributed by atoms with Crippen molar-refractivity contribution in [3.63, 3.8) is 0 Å². The third-order valence-electron chi connectivity index (χ3n) is 2.06. The smallest absolute Gasteiger partial charge is 0.265 e. The molecule has 0 saturated heterocycles. The first-order chi connectivity index (χ1) is 7.35. The number of rotatable bonds is 4. The van der Waals surface area contributed by atoms with Crippen LogP contribution in [0.25, 0.3) is 0 Å². The molecule has 1 aromatic heterocycles. The summed E-state index contributed by atoms with van der Waals surface area (Å²) < 4.78 is 0.816. The molecule has 0 aliphatic heterocycles. The van der Waals surface area contributed by atoms with Crippen molar-refractivity contribution < 1.29 is 9.90 Å². The van der Waals surface area contributed by atoms with Crippen molar-refractivity contribution in [1.82, 2.24) is 4.90 Å². The maximum atomic E-state index is 12.1. The number of aliphatic hydroxyl groups is 1. The van der Waals surface area contributed by atoms with Crippen molar-refractivity contribution in [2.75, 3.05) is 13.1 Å². The molecule has 90 valence electrons. The Morgan fingerprint density at radius 2 is 2.25 bits per heavy atom. The second kappa shape index (κ2) is 5.29. The fraction of sp³-hybridized carbons (Fsp3) is 0.545. The Hall–Kier alpha value is -0.390. The summed E-state index contributed by atoms with van der Waals surface area (Å²) in [6.45, 7) is 6.24. The summed E-state index contributed by atoms with van der Waals surface area (Å²) in [4.78, 5) is 14.5. The first-order valence-corrected chi connectivity index (χ1v) is 6.77. The van der Waals surface area contributed by atoms with Crippen LogP contribution in [0.4, 0.5) is 0 Å². The van der Waals surface area contributed by atoms with Gasteiger partial charge in [0.2, 0.25) is 0 Å². The number of likely N-dealkylation sites (N-methyl/N-ethyl adjacent to an activating group) is 1. The van der Waals surface area contributed by atoms with E-state index in [1.807, 2.05) is 18.4 Å². The molecule has 0 spiro atoms. The molecule has 0 fully saturated rings. The van der Waals surface area contributed by atoms with E-state index in [0.717, 1.165) is 4.47 Å². The van der Waals surface area contributed by atoms with Crippen molar-refractivity contribution >= 4 is 33.2 Å². The number of amides is 1. The van der Waals surface area contributed by atoms with Gasteiger partial charge in [-0.05, 0) is 48.1 Å². The topological polar surface area (TPSA) is 40.5 Å². The van der Waals surface area contributed by atoms with Gasteiger partial charge in [-0.15, -0.1) is 11.3 Å². The van der Waals surface area contributed by atoms with Crippen LogP contribution in [0, 0.1) is 0 Å². The van der Waals surface area contributed by atoms with Crippen LogP contribution in [0.15, 0.2) is 15.9 Å². The first kappa shape index (κ1) is 13.7. The largest absolute Gasteiger partial charge is 0.389 e. The molecular weight excluding hydrogens is 290 g/mol. The molecule has 16 heavy (non-hydrogen) atoms. The zero-order valence-corrected chi connectivity index (χ0v) is 12.1. The summed E-state index contributed by atoms with van der Waals surface area (Å²) in [7, 11) is 0. The Bertz CT molecular complexity index is 370. The molecule has 1 rings (SSSR count). The van der Waals surface area contributed by atoms with Gasteiger partial charge in [-0.25, -0.2) is 0 Å². The number of thiophene rings is 1. The van der Waals surface area contributed by atoms with Gasteiger partial charge in [-0.2, -0.15) is 0 Å². The lowest BCUT2D eigenvalue weighted by molar-refractivity contribution is 0.0317. The second-order valence-electron chi connectivity index (χ2n) is 4.23. The molecule has 1 N–H and O–H groups in total. The monoisotopic (exact) mass is 305 g/mol. The number of halogens is 1. The van der Waals surface area contributed by atoms with Crippen LogP contribution >= 0.6 is 27.3 Å². The number of carbonyl (C=O) groups is 1. The van der Waals surface area contributed by atoms with E-state index in [1.165, 1.54) is 11.3 Å². The van der Waals surface area contributed by atoms with Crippen LogP contribution in [0.3, 0.4) is 0 Å². The molecule has 0 saturated carbocycles. The van der Waals surface area contributed by atoms with Gasteiger partial charge in [-0.1, -0.05) is 0 Å². The molecule has 0 unspecified atom stereocenters. The van der Waals surface area contributed by atoms with Crippen LogP contribution in [-0.2, 0) is 0 Å². The zero-order chi connectivity index (χ0) is 12.3. The molecule has 0 aromatic carbocycles. The van der Waals surface area contributed by atoms with Crippen molar-refractivity contribution in [2.24, 2.45) is 0 Å². The van der Waals surface area contributed by atoms with E-state index < -0.39 is 5.60 Å². The van der Waals surface area contributed by atoms with Gasteiger partial charge in [0.25, 0.3) is 5.91 Å². The summed E-state index contributed by atoms with van der Waals surface area (Å²) in [5, 5.41) is 11.6. The van der Waals surface area contributed by atoms with Gasteiger partial charge >= 0.3 is 0 Å². The van der Waals surface area contributed by atoms with Crippen LogP contribution in [-0.4, -0.2) is 34.6 Å². The molecule has 0 aliphatic rings. The molecule has 1 aromatic rings. The van der Waals surface area contributed by atoms with E-state index in [-0.39, 0.29) is 5.91 Å². The Labute approximate surface area is 108 Å². The number of hydrogen-bond acceptors (Lipinski definition) is 3. The van der Waals surface area contributed by atoms with E-state index in [1.54, 1.807) is 18.7 Å². The minimum Gasteiger partial charge on any atom is -0.389 e. The molecule has 0 aliphatic carbocycles. The van der Waals surface area contributed by atoms with Gasteiger partial charge in [0.15, 0.2) is 0 Å². The molecular formula is C11H16BrNO2S. The maximum absolute atomic E-state index is 12.1. The summed E-state index contributed by atoms with van der Waals surface area (Å²) in [6.07, 6.45) is 0. The lowest BCUT2D eigenvalue weighted by Crippen LogP contribution is -2.41. The standard InChI is InChI=1S/C11H16BrNO2S/c1-4-13(7-11(2,3)15)10(14)9-8(12)5-6-16-9/h5-6,15H,4,7H2,1-3H3. The molecule has 5 heteroatoms. The van der Waals surface area contributed by atoms with Gasteiger partial charge < -0.3 is 10.0 Å². The first-order valence-electron chi connectivity index (χ1n) is 5.10. The van der Waals surface area contributed by atoms with E-state index in [2.05, 4.69) is 15.9 Å². The molecule has 0 atom stereocenters. The Morgan fingerprint density at radius 3 is 2.62 bits per heavy atom. The third-order valence-corrected chi connectivity index (χ3v) is 3.88. The van der Waals surface area contributed by atoms with Crippen LogP contribution in [0.5, 0.6) is 0 Å². The van der Waals surface area contributed by atoms with Crippen molar-refractivity contribution in [3.05, 3.63) is 20.8 Å². The van der Waals surface area contributed by atoms with E-state index >= 15 is 0 Å². The third kappa shape index (κ3) is 3.57. The maximum Gasteiger partial charge on any atom is 0.265 e. The molecule has 3 nitrogen and oxygen atoms in total. The average molecular weight is 306 g/mol. The SMILES string of the molecule is CCN(CC(C)(C)O)C(=O)c1sccc1Br. The molecule has 1 amide bonds. The van der Waals surface area contributed by atoms with Crippen molar-refractivity contribution in [1.29, 1.82) is 0 Å². The van der Waals surface area contributed by atoms with Crippen LogP contribution < -0.4 is 0 Å². The predicted octanol–water partition coefficient (Wildman–Crippen LogP) is 2.74. The van der Waals surface area contributed by atoms with Gasteiger partial charge in [0.05, 0.1) is 5.60 Å². The number of hydrogen-bond donors (Lipinski definition) is 1. The summed E-state index contributed by atoms with van der Waals surface area (Å²) >= 11 is 4.75. The molecule has 0 radical (unpaired) electrons. The Kier molecular flexibility index (Phi) is 4.52. The highest BCUT2D eigenvalue weighted by atomic mass is 79.9. The summed E-state index contributed by atoms with van der Waals surface area (Å²) in [6, 6.07) is 1.86. The quantitative estimate of drug-likeness (QED) is 0.929. The Balaban J connectivity index is 2.82. The van der Waals surface area contributed by atoms with Crippen LogP contribution in [0.2, 0.25) is 0 Å². The van der Waals surface area contributed by atoms with Gasteiger partial charge in [-0.3, -0.25) is 4.79 Å². The lowest BCUT2D eigenvalue weighted by atomic mass is 10.1. The van der Waals surface area contributed by atoms with E-state index in [4.69, 9.17) is 0 Å². The van der Waals surface area contributed by atoms with Gasteiger partial charge in [0.1, 0.15) is 4.88 Å². The summed E-state index contributed by atoms with van der Waals surface area (Å²) in [5.74, 6) is -0.0356. The lowest BCUT2D eigenvalue weighted by Gasteiger charge is -2.27. The predicted molar refractivity (Wildman–Crippen MR) is 69.9 cm³/mol. The van der Waals surface area contributed by atoms with E-state index in [0.29, 0.717) is 18.0 Å². The van der Waals surface area contributed by atoms with E-state index in [9.17, 15) is 9.90 Å². The minimum atomic E-state index is -0.866. The van der Waals surface area contributed by atoms with Crippen molar-refractivity contribution in [2.45, 2.75) is 26.4 Å². The average Bonchev–Trinajstić information content (AvgIpc) is 2.58. The Morgan fingerprint density at radius 1 is 1.62 bits per heavy atom. The van der Waals surface area contributed by atoms with Crippen molar-refractivity contribution in [3.8, 4) is 0 Å². The number of carbonyl (C=O) groups excluding carboxylic acids is 1. The summed E-state index contributed by atoms with van der Waals surface area (Å²) in [5.41, 5.74) is -0.866. The molecule has 1 heterocycles. The number of nitrogens with zero attached hydrogens (tertiary/aromatic N) is 1.